The zero-order valence-electron chi connectivity index (χ0n) is 18.3. The molecule has 0 spiro atoms. The van der Waals surface area contributed by atoms with E-state index in [1.807, 2.05) is 29.2 Å². The van der Waals surface area contributed by atoms with Crippen molar-refractivity contribution in [3.05, 3.63) is 59.7 Å². The van der Waals surface area contributed by atoms with E-state index >= 15 is 0 Å². The van der Waals surface area contributed by atoms with Crippen LogP contribution in [-0.4, -0.2) is 55.7 Å². The average molecular weight is 440 g/mol. The fourth-order valence-corrected chi connectivity index (χ4v) is 3.53. The summed E-state index contributed by atoms with van der Waals surface area (Å²) in [6.45, 7) is 3.11. The summed E-state index contributed by atoms with van der Waals surface area (Å²) in [7, 11) is 1.60. The van der Waals surface area contributed by atoms with Crippen LogP contribution in [0.1, 0.15) is 35.7 Å². The van der Waals surface area contributed by atoms with Crippen molar-refractivity contribution < 1.29 is 28.6 Å². The predicted octanol–water partition coefficient (Wildman–Crippen LogP) is 3.19. The van der Waals surface area contributed by atoms with Crippen LogP contribution in [0.25, 0.3) is 0 Å². The van der Waals surface area contributed by atoms with E-state index in [0.29, 0.717) is 43.7 Å². The molecule has 1 heterocycles. The molecule has 0 bridgehead atoms. The lowest BCUT2D eigenvalue weighted by molar-refractivity contribution is -0.131. The molecule has 2 amide bonds. The highest BCUT2D eigenvalue weighted by atomic mass is 16.7. The minimum atomic E-state index is -0.780. The van der Waals surface area contributed by atoms with Crippen LogP contribution >= 0.6 is 0 Å². The second-order valence-electron chi connectivity index (χ2n) is 7.47. The summed E-state index contributed by atoms with van der Waals surface area (Å²) in [4.78, 5) is 38.3. The number of hydrogen-bond donors (Lipinski definition) is 1. The van der Waals surface area contributed by atoms with Gasteiger partial charge in [-0.2, -0.15) is 0 Å². The second kappa shape index (κ2) is 11.2. The highest BCUT2D eigenvalue weighted by Crippen LogP contribution is 2.17. The Hall–Kier alpha value is -3.55. The Kier molecular flexibility index (Phi) is 8.08. The molecular weight excluding hydrogens is 412 g/mol. The lowest BCUT2D eigenvalue weighted by atomic mass is 10.0. The second-order valence-corrected chi connectivity index (χ2v) is 7.47. The predicted molar refractivity (Wildman–Crippen MR) is 118 cm³/mol. The van der Waals surface area contributed by atoms with E-state index < -0.39 is 6.16 Å². The van der Waals surface area contributed by atoms with Gasteiger partial charge in [-0.3, -0.25) is 9.59 Å². The van der Waals surface area contributed by atoms with Crippen LogP contribution in [0.3, 0.4) is 0 Å². The van der Waals surface area contributed by atoms with Gasteiger partial charge in [0.15, 0.2) is 0 Å². The Morgan fingerprint density at radius 3 is 2.41 bits per heavy atom. The number of rotatable bonds is 7. The lowest BCUT2D eigenvalue weighted by Gasteiger charge is -2.32. The van der Waals surface area contributed by atoms with Crippen molar-refractivity contribution in [1.29, 1.82) is 0 Å². The molecule has 8 heteroatoms. The molecule has 1 N–H and O–H groups in total. The van der Waals surface area contributed by atoms with Crippen LogP contribution in [0.5, 0.6) is 11.5 Å². The summed E-state index contributed by atoms with van der Waals surface area (Å²) in [6.07, 6.45) is 0.936. The first-order valence-corrected chi connectivity index (χ1v) is 10.6. The number of hydrogen-bond acceptors (Lipinski definition) is 6. The summed E-state index contributed by atoms with van der Waals surface area (Å²) in [5.74, 6) is 0.911. The standard InChI is InChI=1S/C24H28N2O6/c1-3-31-24(29)32-20-9-7-18(8-10-20)23(28)25-19-11-13-26(14-12-19)22(27)16-17-5-4-6-21(15-17)30-2/h4-10,15,19H,3,11-14,16H2,1-2H3,(H,25,28). The van der Waals surface area contributed by atoms with Gasteiger partial charge in [-0.15, -0.1) is 0 Å². The van der Waals surface area contributed by atoms with Gasteiger partial charge in [0.1, 0.15) is 11.5 Å². The Bertz CT molecular complexity index is 936. The van der Waals surface area contributed by atoms with Crippen LogP contribution in [0.2, 0.25) is 0 Å². The van der Waals surface area contributed by atoms with Crippen molar-refractivity contribution in [2.24, 2.45) is 0 Å². The van der Waals surface area contributed by atoms with Crippen LogP contribution in [0.15, 0.2) is 48.5 Å². The number of benzene rings is 2. The molecule has 1 saturated heterocycles. The molecule has 1 fully saturated rings. The Morgan fingerprint density at radius 1 is 1.03 bits per heavy atom. The Balaban J connectivity index is 1.45. The van der Waals surface area contributed by atoms with Gasteiger partial charge in [-0.05, 0) is 61.7 Å². The molecule has 1 aliphatic heterocycles. The number of carbonyl (C=O) groups is 3. The van der Waals surface area contributed by atoms with E-state index in [-0.39, 0.29) is 24.5 Å². The maximum absolute atomic E-state index is 12.6. The van der Waals surface area contributed by atoms with Crippen LogP contribution in [-0.2, 0) is 16.0 Å². The molecule has 0 atom stereocenters. The van der Waals surface area contributed by atoms with Crippen LogP contribution < -0.4 is 14.8 Å². The molecule has 32 heavy (non-hydrogen) atoms. The van der Waals surface area contributed by atoms with Gasteiger partial charge in [-0.25, -0.2) is 4.79 Å². The molecule has 8 nitrogen and oxygen atoms in total. The number of likely N-dealkylation sites (tertiary alicyclic amines) is 1. The number of carbonyl (C=O) groups excluding carboxylic acids is 3. The molecule has 0 radical (unpaired) electrons. The molecular formula is C24H28N2O6. The highest BCUT2D eigenvalue weighted by molar-refractivity contribution is 5.94. The summed E-state index contributed by atoms with van der Waals surface area (Å²) in [5.41, 5.74) is 1.39. The fraction of sp³-hybridized carbons (Fsp3) is 0.375. The largest absolute Gasteiger partial charge is 0.513 e. The van der Waals surface area contributed by atoms with Crippen LogP contribution in [0, 0.1) is 0 Å². The molecule has 2 aromatic rings. The van der Waals surface area contributed by atoms with Gasteiger partial charge in [-0.1, -0.05) is 12.1 Å². The van der Waals surface area contributed by atoms with E-state index in [9.17, 15) is 14.4 Å². The first kappa shape index (κ1) is 23.1. The Labute approximate surface area is 187 Å². The smallest absolute Gasteiger partial charge is 0.497 e. The molecule has 2 aromatic carbocycles. The average Bonchev–Trinajstić information content (AvgIpc) is 2.80. The first-order chi connectivity index (χ1) is 15.5. The van der Waals surface area contributed by atoms with Crippen molar-refractivity contribution in [3.63, 3.8) is 0 Å². The SMILES string of the molecule is CCOC(=O)Oc1ccc(C(=O)NC2CCN(C(=O)Cc3cccc(OC)c3)CC2)cc1. The number of methoxy groups -OCH3 is 1. The van der Waals surface area contributed by atoms with E-state index in [2.05, 4.69) is 5.32 Å². The van der Waals surface area contributed by atoms with Gasteiger partial charge < -0.3 is 24.4 Å². The Morgan fingerprint density at radius 2 is 1.75 bits per heavy atom. The molecule has 0 saturated carbocycles. The van der Waals surface area contributed by atoms with Gasteiger partial charge in [0, 0.05) is 24.7 Å². The lowest BCUT2D eigenvalue weighted by Crippen LogP contribution is -2.47. The molecule has 0 aromatic heterocycles. The van der Waals surface area contributed by atoms with Crippen molar-refractivity contribution in [1.82, 2.24) is 10.2 Å². The van der Waals surface area contributed by atoms with Crippen molar-refractivity contribution in [2.45, 2.75) is 32.2 Å². The maximum Gasteiger partial charge on any atom is 0.513 e. The zero-order chi connectivity index (χ0) is 22.9. The maximum atomic E-state index is 12.6. The zero-order valence-corrected chi connectivity index (χ0v) is 18.3. The van der Waals surface area contributed by atoms with Crippen molar-refractivity contribution >= 4 is 18.0 Å². The minimum Gasteiger partial charge on any atom is -0.497 e. The monoisotopic (exact) mass is 440 g/mol. The summed E-state index contributed by atoms with van der Waals surface area (Å²) < 4.78 is 14.9. The summed E-state index contributed by atoms with van der Waals surface area (Å²) >= 11 is 0. The third-order valence-corrected chi connectivity index (χ3v) is 5.25. The molecule has 3 rings (SSSR count). The van der Waals surface area contributed by atoms with Crippen LogP contribution in [0.4, 0.5) is 4.79 Å². The van der Waals surface area contributed by atoms with Gasteiger partial charge in [0.2, 0.25) is 5.91 Å². The van der Waals surface area contributed by atoms with Gasteiger partial charge >= 0.3 is 6.16 Å². The van der Waals surface area contributed by atoms with Gasteiger partial charge in [0.25, 0.3) is 5.91 Å². The first-order valence-electron chi connectivity index (χ1n) is 10.6. The van der Waals surface area contributed by atoms with E-state index in [4.69, 9.17) is 14.2 Å². The summed E-state index contributed by atoms with van der Waals surface area (Å²) in [6, 6.07) is 13.8. The number of nitrogens with zero attached hydrogens (tertiary/aromatic N) is 1. The normalized spacial score (nSPS) is 13.9. The number of nitrogens with one attached hydrogen (secondary N) is 1. The third-order valence-electron chi connectivity index (χ3n) is 5.25. The third kappa shape index (κ3) is 6.47. The van der Waals surface area contributed by atoms with E-state index in [1.54, 1.807) is 38.3 Å². The van der Waals surface area contributed by atoms with Gasteiger partial charge in [0.05, 0.1) is 20.1 Å². The summed E-state index contributed by atoms with van der Waals surface area (Å²) in [5, 5.41) is 3.01. The highest BCUT2D eigenvalue weighted by Gasteiger charge is 2.24. The number of amides is 2. The molecule has 0 unspecified atom stereocenters. The molecule has 1 aliphatic rings. The van der Waals surface area contributed by atoms with Crippen molar-refractivity contribution in [2.75, 3.05) is 26.8 Å². The molecule has 0 aliphatic carbocycles. The molecule has 170 valence electrons. The van der Waals surface area contributed by atoms with E-state index in [0.717, 1.165) is 11.3 Å². The topological polar surface area (TPSA) is 94.2 Å². The fourth-order valence-electron chi connectivity index (χ4n) is 3.53. The minimum absolute atomic E-state index is 0.00109. The number of piperidine rings is 1. The van der Waals surface area contributed by atoms with E-state index in [1.165, 1.54) is 0 Å². The van der Waals surface area contributed by atoms with Crippen molar-refractivity contribution in [3.8, 4) is 11.5 Å². The number of ether oxygens (including phenoxy) is 3. The quantitative estimate of drug-likeness (QED) is 0.525.